The number of ether oxygens (including phenoxy) is 1. The molecule has 0 aliphatic carbocycles. The van der Waals surface area contributed by atoms with Gasteiger partial charge in [0, 0.05) is 35.6 Å². The van der Waals surface area contributed by atoms with E-state index in [1.807, 2.05) is 54.5 Å². The second-order valence-electron chi connectivity index (χ2n) is 5.17. The van der Waals surface area contributed by atoms with Crippen LogP contribution in [0.1, 0.15) is 12.8 Å². The molecule has 22 heavy (non-hydrogen) atoms. The molecule has 1 aliphatic rings. The predicted octanol–water partition coefficient (Wildman–Crippen LogP) is 3.84. The molecule has 1 aromatic carbocycles. The van der Waals surface area contributed by atoms with Gasteiger partial charge >= 0.3 is 6.09 Å². The molecule has 1 aliphatic heterocycles. The highest BCUT2D eigenvalue weighted by Crippen LogP contribution is 2.30. The molecule has 0 atom stereocenters. The lowest BCUT2D eigenvalue weighted by Crippen LogP contribution is -2.40. The molecule has 5 heteroatoms. The quantitative estimate of drug-likeness (QED) is 0.863. The molecule has 0 bridgehead atoms. The Labute approximate surface area is 134 Å². The summed E-state index contributed by atoms with van der Waals surface area (Å²) in [5, 5.41) is 0.545. The number of carbonyl (C=O) groups is 1. The van der Waals surface area contributed by atoms with Crippen molar-refractivity contribution in [1.82, 2.24) is 9.88 Å². The Morgan fingerprint density at radius 3 is 2.45 bits per heavy atom. The highest BCUT2D eigenvalue weighted by Gasteiger charge is 2.24. The zero-order valence-electron chi connectivity index (χ0n) is 12.2. The van der Waals surface area contributed by atoms with Gasteiger partial charge in [0.25, 0.3) is 0 Å². The molecule has 1 fully saturated rings. The average molecular weight is 314 g/mol. The summed E-state index contributed by atoms with van der Waals surface area (Å²) in [6, 6.07) is 13.3. The first-order valence-corrected chi connectivity index (χ1v) is 8.28. The molecule has 1 amide bonds. The van der Waals surface area contributed by atoms with Crippen molar-refractivity contribution in [3.63, 3.8) is 0 Å². The predicted molar refractivity (Wildman–Crippen MR) is 87.2 cm³/mol. The molecule has 0 spiro atoms. The molecular formula is C17H18N2O2S. The third-order valence-electron chi connectivity index (χ3n) is 3.60. The number of benzene rings is 1. The van der Waals surface area contributed by atoms with Gasteiger partial charge in [-0.1, -0.05) is 18.2 Å². The van der Waals surface area contributed by atoms with Gasteiger partial charge in [0.1, 0.15) is 5.75 Å². The summed E-state index contributed by atoms with van der Waals surface area (Å²) >= 11 is 1.86. The first kappa shape index (κ1) is 14.9. The van der Waals surface area contributed by atoms with Crippen LogP contribution in [0.2, 0.25) is 0 Å². The van der Waals surface area contributed by atoms with Crippen LogP contribution < -0.4 is 4.74 Å². The van der Waals surface area contributed by atoms with Gasteiger partial charge in [-0.3, -0.25) is 4.98 Å². The number of carbonyl (C=O) groups excluding carboxylic acids is 1. The lowest BCUT2D eigenvalue weighted by Gasteiger charge is -2.30. The molecule has 1 saturated heterocycles. The van der Waals surface area contributed by atoms with Crippen LogP contribution in [0, 0.1) is 0 Å². The number of hydrogen-bond acceptors (Lipinski definition) is 4. The van der Waals surface area contributed by atoms with Crippen molar-refractivity contribution in [2.24, 2.45) is 0 Å². The third-order valence-corrected chi connectivity index (χ3v) is 4.95. The van der Waals surface area contributed by atoms with E-state index in [0.717, 1.165) is 25.9 Å². The summed E-state index contributed by atoms with van der Waals surface area (Å²) in [4.78, 5) is 19.2. The second kappa shape index (κ2) is 7.31. The number of aromatic nitrogens is 1. The van der Waals surface area contributed by atoms with E-state index in [1.165, 1.54) is 4.90 Å². The first-order valence-electron chi connectivity index (χ1n) is 7.40. The van der Waals surface area contributed by atoms with Crippen LogP contribution in [0.5, 0.6) is 5.75 Å². The van der Waals surface area contributed by atoms with Crippen molar-refractivity contribution in [2.45, 2.75) is 23.0 Å². The van der Waals surface area contributed by atoms with Crippen molar-refractivity contribution >= 4 is 17.9 Å². The maximum absolute atomic E-state index is 12.1. The van der Waals surface area contributed by atoms with E-state index >= 15 is 0 Å². The number of hydrogen-bond donors (Lipinski definition) is 0. The molecule has 3 rings (SSSR count). The standard InChI is InChI=1S/C17H18N2O2S/c20-17(21-14-4-2-1-3-5-14)19-12-8-16(9-13-19)22-15-6-10-18-11-7-15/h1-7,10-11,16H,8-9,12-13H2. The fraction of sp³-hybridized carbons (Fsp3) is 0.294. The van der Waals surface area contributed by atoms with Gasteiger partial charge in [-0.05, 0) is 37.1 Å². The van der Waals surface area contributed by atoms with Crippen molar-refractivity contribution in [1.29, 1.82) is 0 Å². The van der Waals surface area contributed by atoms with E-state index in [2.05, 4.69) is 4.98 Å². The fourth-order valence-electron chi connectivity index (χ4n) is 2.42. The number of piperidine rings is 1. The minimum absolute atomic E-state index is 0.251. The molecule has 4 nitrogen and oxygen atoms in total. The van der Waals surface area contributed by atoms with Gasteiger partial charge in [0.2, 0.25) is 0 Å². The third kappa shape index (κ3) is 4.01. The Balaban J connectivity index is 1.48. The van der Waals surface area contributed by atoms with Gasteiger partial charge in [-0.2, -0.15) is 0 Å². The normalized spacial score (nSPS) is 15.5. The van der Waals surface area contributed by atoms with Crippen molar-refractivity contribution in [3.05, 3.63) is 54.9 Å². The van der Waals surface area contributed by atoms with Gasteiger partial charge in [-0.25, -0.2) is 4.79 Å². The van der Waals surface area contributed by atoms with Crippen LogP contribution in [0.3, 0.4) is 0 Å². The minimum Gasteiger partial charge on any atom is -0.410 e. The number of likely N-dealkylation sites (tertiary alicyclic amines) is 1. The number of rotatable bonds is 3. The maximum Gasteiger partial charge on any atom is 0.415 e. The van der Waals surface area contributed by atoms with Crippen molar-refractivity contribution < 1.29 is 9.53 Å². The SMILES string of the molecule is O=C(Oc1ccccc1)N1CCC(Sc2ccncc2)CC1. The Hall–Kier alpha value is -2.01. The number of nitrogens with zero attached hydrogens (tertiary/aromatic N) is 2. The van der Waals surface area contributed by atoms with Crippen LogP contribution in [0.4, 0.5) is 4.79 Å². The topological polar surface area (TPSA) is 42.4 Å². The van der Waals surface area contributed by atoms with E-state index < -0.39 is 0 Å². The number of amides is 1. The van der Waals surface area contributed by atoms with Crippen LogP contribution in [0.25, 0.3) is 0 Å². The van der Waals surface area contributed by atoms with Gasteiger partial charge in [-0.15, -0.1) is 11.8 Å². The molecule has 114 valence electrons. The highest BCUT2D eigenvalue weighted by molar-refractivity contribution is 8.00. The minimum atomic E-state index is -0.251. The second-order valence-corrected chi connectivity index (χ2v) is 6.54. The summed E-state index contributed by atoms with van der Waals surface area (Å²) in [6.07, 6.45) is 5.34. The Morgan fingerprint density at radius 1 is 1.09 bits per heavy atom. The fourth-order valence-corrected chi connectivity index (χ4v) is 3.53. The summed E-state index contributed by atoms with van der Waals surface area (Å²) in [7, 11) is 0. The molecule has 0 radical (unpaired) electrons. The highest BCUT2D eigenvalue weighted by atomic mass is 32.2. The van der Waals surface area contributed by atoms with E-state index in [-0.39, 0.29) is 6.09 Å². The van der Waals surface area contributed by atoms with Gasteiger partial charge < -0.3 is 9.64 Å². The average Bonchev–Trinajstić information content (AvgIpc) is 2.57. The number of pyridine rings is 1. The molecule has 2 heterocycles. The molecule has 0 unspecified atom stereocenters. The maximum atomic E-state index is 12.1. The Bertz CT molecular complexity index is 599. The molecule has 2 aromatic rings. The lowest BCUT2D eigenvalue weighted by molar-refractivity contribution is 0.143. The summed E-state index contributed by atoms with van der Waals surface area (Å²) in [6.45, 7) is 1.49. The van der Waals surface area contributed by atoms with Crippen molar-refractivity contribution in [2.75, 3.05) is 13.1 Å². The van der Waals surface area contributed by atoms with E-state index in [1.54, 1.807) is 17.0 Å². The van der Waals surface area contributed by atoms with Crippen LogP contribution in [-0.2, 0) is 0 Å². The number of thioether (sulfide) groups is 1. The van der Waals surface area contributed by atoms with Gasteiger partial charge in [0.15, 0.2) is 0 Å². The van der Waals surface area contributed by atoms with Crippen LogP contribution in [-0.4, -0.2) is 34.3 Å². The Morgan fingerprint density at radius 2 is 1.77 bits per heavy atom. The summed E-state index contributed by atoms with van der Waals surface area (Å²) < 4.78 is 5.38. The lowest BCUT2D eigenvalue weighted by atomic mass is 10.1. The van der Waals surface area contributed by atoms with E-state index in [4.69, 9.17) is 4.74 Å². The molecule has 0 N–H and O–H groups in total. The van der Waals surface area contributed by atoms with Crippen LogP contribution >= 0.6 is 11.8 Å². The summed E-state index contributed by atoms with van der Waals surface area (Å²) in [5.74, 6) is 0.598. The van der Waals surface area contributed by atoms with Crippen molar-refractivity contribution in [3.8, 4) is 5.75 Å². The zero-order valence-corrected chi connectivity index (χ0v) is 13.0. The molecule has 0 saturated carbocycles. The monoisotopic (exact) mass is 314 g/mol. The number of para-hydroxylation sites is 1. The van der Waals surface area contributed by atoms with E-state index in [9.17, 15) is 4.79 Å². The van der Waals surface area contributed by atoms with Gasteiger partial charge in [0.05, 0.1) is 0 Å². The zero-order chi connectivity index (χ0) is 15.2. The molecule has 1 aromatic heterocycles. The smallest absolute Gasteiger partial charge is 0.410 e. The molecular weight excluding hydrogens is 296 g/mol. The summed E-state index contributed by atoms with van der Waals surface area (Å²) in [5.41, 5.74) is 0. The Kier molecular flexibility index (Phi) is 4.96. The first-order chi connectivity index (χ1) is 10.8. The van der Waals surface area contributed by atoms with Crippen LogP contribution in [0.15, 0.2) is 59.8 Å². The largest absolute Gasteiger partial charge is 0.415 e. The van der Waals surface area contributed by atoms with E-state index in [0.29, 0.717) is 11.0 Å².